The van der Waals surface area contributed by atoms with Crippen LogP contribution in [0.25, 0.3) is 33.6 Å². The van der Waals surface area contributed by atoms with Crippen molar-refractivity contribution in [3.63, 3.8) is 0 Å². The van der Waals surface area contributed by atoms with E-state index in [0.717, 1.165) is 51.4 Å². The number of aromatic nitrogens is 4. The molecule has 6 rings (SSSR count). The predicted molar refractivity (Wildman–Crippen MR) is 203 cm³/mol. The van der Waals surface area contributed by atoms with Gasteiger partial charge in [0.05, 0.1) is 30.9 Å². The van der Waals surface area contributed by atoms with Crippen LogP contribution >= 0.6 is 0 Å². The Morgan fingerprint density at radius 1 is 0.722 bits per heavy atom. The van der Waals surface area contributed by atoms with Gasteiger partial charge in [-0.25, -0.2) is 29.6 Å². The minimum Gasteiger partial charge on any atom is -0.465 e. The Bertz CT molecular complexity index is 1960. The first-order valence-corrected chi connectivity index (χ1v) is 18.2. The van der Waals surface area contributed by atoms with Gasteiger partial charge < -0.3 is 25.1 Å². The molecule has 2 atom stereocenters. The number of H-pyrrole nitrogens is 2. The van der Waals surface area contributed by atoms with E-state index in [-0.39, 0.29) is 23.7 Å². The lowest BCUT2D eigenvalue weighted by Gasteiger charge is -2.35. The lowest BCUT2D eigenvalue weighted by atomic mass is 10.0. The van der Waals surface area contributed by atoms with Gasteiger partial charge in [-0.2, -0.15) is 0 Å². The van der Waals surface area contributed by atoms with Crippen LogP contribution in [0.1, 0.15) is 40.5 Å². The Morgan fingerprint density at radius 2 is 1.17 bits per heavy atom. The first-order chi connectivity index (χ1) is 25.9. The number of alkyl carbamates (subject to hydrolysis) is 1. The molecule has 0 unspecified atom stereocenters. The molecule has 16 nitrogen and oxygen atoms in total. The summed E-state index contributed by atoms with van der Waals surface area (Å²) < 4.78 is 4.73. The second kappa shape index (κ2) is 15.9. The number of likely N-dealkylation sites (N-methyl/N-ethyl adjacent to an activating group) is 1. The third-order valence-corrected chi connectivity index (χ3v) is 9.91. The molecule has 0 aliphatic carbocycles. The molecular weight excluding hydrogens is 692 g/mol. The lowest BCUT2D eigenvalue weighted by Crippen LogP contribution is -2.54. The van der Waals surface area contributed by atoms with Gasteiger partial charge in [0.1, 0.15) is 12.1 Å². The van der Waals surface area contributed by atoms with Crippen molar-refractivity contribution in [1.29, 1.82) is 0 Å². The summed E-state index contributed by atoms with van der Waals surface area (Å²) >= 11 is 0. The number of hydrogen-bond donors (Lipinski definition) is 4. The van der Waals surface area contributed by atoms with Crippen LogP contribution in [0.5, 0.6) is 0 Å². The fraction of sp³-hybridized carbons (Fsp3) is 0.421. The second-order valence-electron chi connectivity index (χ2n) is 14.2. The topological polar surface area (TPSA) is 183 Å². The van der Waals surface area contributed by atoms with Crippen molar-refractivity contribution in [1.82, 2.24) is 40.2 Å². The number of ether oxygens (including phenoxy) is 1. The maximum Gasteiger partial charge on any atom is 0.407 e. The molecule has 2 aliphatic rings. The van der Waals surface area contributed by atoms with Crippen molar-refractivity contribution in [3.8, 4) is 33.6 Å². The van der Waals surface area contributed by atoms with Crippen molar-refractivity contribution >= 4 is 35.9 Å². The normalized spacial score (nSPS) is 15.6. The van der Waals surface area contributed by atoms with E-state index in [1.807, 2.05) is 81.2 Å². The zero-order chi connectivity index (χ0) is 38.7. The number of imidazole rings is 2. The van der Waals surface area contributed by atoms with Gasteiger partial charge in [0.25, 0.3) is 11.8 Å². The fourth-order valence-electron chi connectivity index (χ4n) is 7.01. The minimum absolute atomic E-state index is 0.135. The van der Waals surface area contributed by atoms with Crippen LogP contribution in [-0.2, 0) is 14.3 Å². The highest BCUT2D eigenvalue weighted by molar-refractivity contribution is 5.88. The third kappa shape index (κ3) is 7.68. The Kier molecular flexibility index (Phi) is 11.1. The number of amides is 4. The average molecular weight is 741 g/mol. The number of benzene rings is 2. The van der Waals surface area contributed by atoms with E-state index in [1.165, 1.54) is 14.2 Å². The van der Waals surface area contributed by atoms with E-state index >= 15 is 0 Å². The Morgan fingerprint density at radius 3 is 1.57 bits per heavy atom. The molecule has 4 N–H and O–H groups in total. The van der Waals surface area contributed by atoms with Crippen molar-refractivity contribution in [2.45, 2.75) is 52.6 Å². The second-order valence-corrected chi connectivity index (χ2v) is 14.2. The summed E-state index contributed by atoms with van der Waals surface area (Å²) in [4.78, 5) is 67.5. The molecule has 2 aromatic heterocycles. The maximum absolute atomic E-state index is 13.5. The molecule has 2 fully saturated rings. The van der Waals surface area contributed by atoms with Gasteiger partial charge in [0, 0.05) is 33.2 Å². The number of nitrogens with one attached hydrogen (secondary N) is 3. The van der Waals surface area contributed by atoms with E-state index in [2.05, 4.69) is 25.3 Å². The van der Waals surface area contributed by atoms with Gasteiger partial charge in [-0.1, -0.05) is 76.2 Å². The summed E-state index contributed by atoms with van der Waals surface area (Å²) in [6, 6.07) is 14.7. The molecule has 0 saturated carbocycles. The number of carboxylic acid groups (broad SMARTS) is 1. The number of rotatable bonds is 11. The van der Waals surface area contributed by atoms with Crippen molar-refractivity contribution in [2.24, 2.45) is 11.8 Å². The van der Waals surface area contributed by atoms with Gasteiger partial charge in [-0.15, -0.1) is 0 Å². The van der Waals surface area contributed by atoms with E-state index in [9.17, 15) is 24.3 Å². The molecule has 2 aliphatic heterocycles. The Hall–Kier alpha value is -6.06. The van der Waals surface area contributed by atoms with Crippen LogP contribution in [0.2, 0.25) is 0 Å². The SMILES string of the molecule is COC(=O)N[C@H](C(=O)N1CCCN1c1ncc(-c2ccc(-c3ccc(-c4cnc(N5CCCN5C(=O)[C@H](C(C)C)N(C)C(=O)O)[nH]4)cc3)cc2)[nH]1)C(C)C. The Balaban J connectivity index is 1.11. The monoisotopic (exact) mass is 740 g/mol. The maximum atomic E-state index is 13.5. The van der Waals surface area contributed by atoms with E-state index < -0.39 is 24.3 Å². The summed E-state index contributed by atoms with van der Waals surface area (Å²) in [5, 5.41) is 19.1. The molecule has 4 heterocycles. The van der Waals surface area contributed by atoms with Crippen LogP contribution in [0.15, 0.2) is 60.9 Å². The molecule has 4 aromatic rings. The Labute approximate surface area is 314 Å². The molecule has 286 valence electrons. The molecule has 4 amide bonds. The molecule has 0 spiro atoms. The summed E-state index contributed by atoms with van der Waals surface area (Å²) in [6.07, 6.45) is 3.21. The molecule has 54 heavy (non-hydrogen) atoms. The number of anilines is 2. The van der Waals surface area contributed by atoms with Gasteiger partial charge in [0.2, 0.25) is 11.9 Å². The van der Waals surface area contributed by atoms with Crippen molar-refractivity contribution in [2.75, 3.05) is 50.4 Å². The fourth-order valence-corrected chi connectivity index (χ4v) is 7.01. The van der Waals surface area contributed by atoms with E-state index in [1.54, 1.807) is 27.4 Å². The third-order valence-electron chi connectivity index (χ3n) is 9.91. The largest absolute Gasteiger partial charge is 0.465 e. The highest BCUT2D eigenvalue weighted by Gasteiger charge is 2.39. The standard InChI is InChI=1S/C38H48N10O6/c1-23(2)31(43-37(51)54-6)33(49)45-17-7-19-47(45)35-39-21-29(41-35)27-13-9-25(10-14-27)26-11-15-28(16-12-26)30-22-40-36(42-30)48-20-8-18-46(48)34(50)32(24(3)4)44(5)38(52)53/h9-16,21-24,31-32H,7-8,17-20H2,1-6H3,(H,39,41)(H,40,42)(H,43,51)(H,52,53)/t31-,32-/m0/s1. The molecule has 2 aromatic carbocycles. The zero-order valence-electron chi connectivity index (χ0n) is 31.4. The average Bonchev–Trinajstić information content (AvgIpc) is 4.00. The van der Waals surface area contributed by atoms with Gasteiger partial charge in [0.15, 0.2) is 0 Å². The first-order valence-electron chi connectivity index (χ1n) is 18.2. The highest BCUT2D eigenvalue weighted by atomic mass is 16.5. The van der Waals surface area contributed by atoms with Crippen molar-refractivity contribution in [3.05, 3.63) is 60.9 Å². The van der Waals surface area contributed by atoms with Crippen molar-refractivity contribution < 1.29 is 29.0 Å². The molecule has 0 radical (unpaired) electrons. The predicted octanol–water partition coefficient (Wildman–Crippen LogP) is 5.06. The lowest BCUT2D eigenvalue weighted by molar-refractivity contribution is -0.137. The van der Waals surface area contributed by atoms with Crippen LogP contribution < -0.4 is 15.3 Å². The molecular formula is C38H48N10O6. The summed E-state index contributed by atoms with van der Waals surface area (Å²) in [5.74, 6) is 0.245. The van der Waals surface area contributed by atoms with Crippen LogP contribution in [-0.4, -0.2) is 116 Å². The first kappa shape index (κ1) is 37.7. The smallest absolute Gasteiger partial charge is 0.407 e. The van der Waals surface area contributed by atoms with E-state index in [4.69, 9.17) is 4.74 Å². The van der Waals surface area contributed by atoms with Crippen LogP contribution in [0.3, 0.4) is 0 Å². The van der Waals surface area contributed by atoms with E-state index in [0.29, 0.717) is 38.1 Å². The summed E-state index contributed by atoms with van der Waals surface area (Å²) in [6.45, 7) is 9.62. The zero-order valence-corrected chi connectivity index (χ0v) is 31.4. The number of hydrazine groups is 2. The summed E-state index contributed by atoms with van der Waals surface area (Å²) in [7, 11) is 2.70. The summed E-state index contributed by atoms with van der Waals surface area (Å²) in [5.41, 5.74) is 5.52. The highest BCUT2D eigenvalue weighted by Crippen LogP contribution is 2.30. The van der Waals surface area contributed by atoms with Crippen LogP contribution in [0, 0.1) is 11.8 Å². The number of methoxy groups -OCH3 is 1. The number of aromatic amines is 2. The quantitative estimate of drug-likeness (QED) is 0.162. The van der Waals surface area contributed by atoms with Crippen LogP contribution in [0.4, 0.5) is 21.5 Å². The molecule has 16 heteroatoms. The van der Waals surface area contributed by atoms with Gasteiger partial charge in [-0.05, 0) is 46.9 Å². The molecule has 2 saturated heterocycles. The molecule has 0 bridgehead atoms. The number of nitrogens with zero attached hydrogens (tertiary/aromatic N) is 7. The van der Waals surface area contributed by atoms with Gasteiger partial charge >= 0.3 is 12.2 Å². The minimum atomic E-state index is -1.15. The number of hydrogen-bond acceptors (Lipinski definition) is 9. The number of carbonyl (C=O) groups excluding carboxylic acids is 3. The van der Waals surface area contributed by atoms with Gasteiger partial charge in [-0.3, -0.25) is 24.5 Å². The number of carbonyl (C=O) groups is 4.